The Morgan fingerprint density at radius 1 is 0.815 bits per heavy atom. The van der Waals surface area contributed by atoms with Gasteiger partial charge in [-0.1, -0.05) is 32.6 Å². The molecule has 0 radical (unpaired) electrons. The van der Waals surface area contributed by atoms with Crippen molar-refractivity contribution in [1.82, 2.24) is 4.57 Å². The number of aromatic hydroxyl groups is 1. The van der Waals surface area contributed by atoms with Crippen molar-refractivity contribution in [3.63, 3.8) is 0 Å². The minimum atomic E-state index is 0.282. The Labute approximate surface area is 162 Å². The van der Waals surface area contributed by atoms with Gasteiger partial charge < -0.3 is 14.4 Å². The standard InChI is InChI=1S/C24H29NO2/c1-3-4-5-6-7-18-27-23-15-11-21(12-16-23)25-19(2)8-17-24(25)20-9-13-22(26)14-10-20/h8-17,26H,3-7,18H2,1-2H3. The molecule has 0 aliphatic heterocycles. The summed E-state index contributed by atoms with van der Waals surface area (Å²) >= 11 is 0. The van der Waals surface area contributed by atoms with Crippen molar-refractivity contribution in [2.75, 3.05) is 6.61 Å². The second-order valence-corrected chi connectivity index (χ2v) is 7.00. The molecule has 0 aliphatic rings. The zero-order valence-corrected chi connectivity index (χ0v) is 16.3. The molecule has 1 aromatic heterocycles. The lowest BCUT2D eigenvalue weighted by Gasteiger charge is -2.13. The molecular weight excluding hydrogens is 334 g/mol. The third-order valence-corrected chi connectivity index (χ3v) is 4.85. The third kappa shape index (κ3) is 4.94. The van der Waals surface area contributed by atoms with Gasteiger partial charge in [-0.05, 0) is 79.6 Å². The number of hydrogen-bond donors (Lipinski definition) is 1. The van der Waals surface area contributed by atoms with Gasteiger partial charge in [0.1, 0.15) is 11.5 Å². The molecule has 1 heterocycles. The van der Waals surface area contributed by atoms with Crippen LogP contribution in [-0.4, -0.2) is 16.3 Å². The van der Waals surface area contributed by atoms with Crippen LogP contribution < -0.4 is 4.74 Å². The SMILES string of the molecule is CCCCCCCOc1ccc(-n2c(C)ccc2-c2ccc(O)cc2)cc1. The second-order valence-electron chi connectivity index (χ2n) is 7.00. The Bertz CT molecular complexity index is 832. The quantitative estimate of drug-likeness (QED) is 0.440. The van der Waals surface area contributed by atoms with Crippen molar-refractivity contribution in [2.45, 2.75) is 46.0 Å². The number of unbranched alkanes of at least 4 members (excludes halogenated alkanes) is 4. The Kier molecular flexibility index (Phi) is 6.59. The molecule has 142 valence electrons. The first kappa shape index (κ1) is 19.1. The summed E-state index contributed by atoms with van der Waals surface area (Å²) in [5, 5.41) is 9.54. The van der Waals surface area contributed by atoms with E-state index in [9.17, 15) is 5.11 Å². The number of ether oxygens (including phenoxy) is 1. The lowest BCUT2D eigenvalue weighted by Crippen LogP contribution is -2.00. The van der Waals surface area contributed by atoms with Crippen molar-refractivity contribution < 1.29 is 9.84 Å². The van der Waals surface area contributed by atoms with E-state index in [0.717, 1.165) is 35.7 Å². The Hall–Kier alpha value is -2.68. The van der Waals surface area contributed by atoms with Crippen LogP contribution in [0.4, 0.5) is 0 Å². The molecule has 3 rings (SSSR count). The van der Waals surface area contributed by atoms with Crippen LogP contribution >= 0.6 is 0 Å². The molecule has 3 aromatic rings. The molecule has 0 spiro atoms. The highest BCUT2D eigenvalue weighted by molar-refractivity contribution is 5.65. The summed E-state index contributed by atoms with van der Waals surface area (Å²) in [6.07, 6.45) is 6.24. The predicted octanol–water partition coefficient (Wildman–Crippen LogP) is 6.51. The highest BCUT2D eigenvalue weighted by Crippen LogP contribution is 2.28. The summed E-state index contributed by atoms with van der Waals surface area (Å²) < 4.78 is 8.10. The number of benzene rings is 2. The lowest BCUT2D eigenvalue weighted by molar-refractivity contribution is 0.304. The summed E-state index contributed by atoms with van der Waals surface area (Å²) in [4.78, 5) is 0. The third-order valence-electron chi connectivity index (χ3n) is 4.85. The van der Waals surface area contributed by atoms with Gasteiger partial charge in [-0.3, -0.25) is 0 Å². The predicted molar refractivity (Wildman–Crippen MR) is 112 cm³/mol. The summed E-state index contributed by atoms with van der Waals surface area (Å²) in [5.74, 6) is 1.20. The average molecular weight is 364 g/mol. The van der Waals surface area contributed by atoms with Crippen LogP contribution in [0.15, 0.2) is 60.7 Å². The molecule has 2 aromatic carbocycles. The van der Waals surface area contributed by atoms with Crippen LogP contribution in [0, 0.1) is 6.92 Å². The zero-order chi connectivity index (χ0) is 19.1. The van der Waals surface area contributed by atoms with Gasteiger partial charge in [-0.25, -0.2) is 0 Å². The van der Waals surface area contributed by atoms with Crippen molar-refractivity contribution >= 4 is 0 Å². The maximum absolute atomic E-state index is 9.54. The Morgan fingerprint density at radius 2 is 1.52 bits per heavy atom. The fraction of sp³-hybridized carbons (Fsp3) is 0.333. The zero-order valence-electron chi connectivity index (χ0n) is 16.3. The van der Waals surface area contributed by atoms with E-state index in [4.69, 9.17) is 4.74 Å². The molecular formula is C24H29NO2. The number of hydrogen-bond acceptors (Lipinski definition) is 2. The van der Waals surface area contributed by atoms with Crippen molar-refractivity contribution in [3.8, 4) is 28.4 Å². The van der Waals surface area contributed by atoms with Crippen LogP contribution in [0.1, 0.15) is 44.7 Å². The van der Waals surface area contributed by atoms with E-state index in [1.807, 2.05) is 24.3 Å². The van der Waals surface area contributed by atoms with Crippen LogP contribution in [0.5, 0.6) is 11.5 Å². The van der Waals surface area contributed by atoms with Gasteiger partial charge in [-0.15, -0.1) is 0 Å². The molecule has 0 fully saturated rings. The molecule has 0 unspecified atom stereocenters. The monoisotopic (exact) mass is 363 g/mol. The van der Waals surface area contributed by atoms with Crippen LogP contribution in [-0.2, 0) is 0 Å². The Morgan fingerprint density at radius 3 is 2.22 bits per heavy atom. The van der Waals surface area contributed by atoms with Gasteiger partial charge in [0, 0.05) is 11.4 Å². The molecule has 0 saturated carbocycles. The van der Waals surface area contributed by atoms with Crippen molar-refractivity contribution in [2.24, 2.45) is 0 Å². The first-order chi connectivity index (χ1) is 13.2. The number of phenolic OH excluding ortho intramolecular Hbond substituents is 1. The first-order valence-corrected chi connectivity index (χ1v) is 9.90. The van der Waals surface area contributed by atoms with Crippen LogP contribution in [0.3, 0.4) is 0 Å². The Balaban J connectivity index is 1.69. The van der Waals surface area contributed by atoms with E-state index in [1.165, 1.54) is 31.4 Å². The van der Waals surface area contributed by atoms with E-state index in [2.05, 4.69) is 42.7 Å². The maximum atomic E-state index is 9.54. The fourth-order valence-corrected chi connectivity index (χ4v) is 3.33. The van der Waals surface area contributed by atoms with Gasteiger partial charge in [0.2, 0.25) is 0 Å². The van der Waals surface area contributed by atoms with E-state index < -0.39 is 0 Å². The summed E-state index contributed by atoms with van der Waals surface area (Å²) in [6, 6.07) is 19.8. The lowest BCUT2D eigenvalue weighted by atomic mass is 10.1. The smallest absolute Gasteiger partial charge is 0.119 e. The van der Waals surface area contributed by atoms with E-state index >= 15 is 0 Å². The van der Waals surface area contributed by atoms with Gasteiger partial charge in [0.05, 0.1) is 12.3 Å². The molecule has 0 atom stereocenters. The average Bonchev–Trinajstić information content (AvgIpc) is 3.07. The van der Waals surface area contributed by atoms with Gasteiger partial charge in [-0.2, -0.15) is 0 Å². The molecule has 1 N–H and O–H groups in total. The van der Waals surface area contributed by atoms with E-state index in [1.54, 1.807) is 12.1 Å². The largest absolute Gasteiger partial charge is 0.508 e. The number of aryl methyl sites for hydroxylation is 1. The molecule has 0 aliphatic carbocycles. The fourth-order valence-electron chi connectivity index (χ4n) is 3.33. The topological polar surface area (TPSA) is 34.4 Å². The number of aromatic nitrogens is 1. The number of rotatable bonds is 9. The van der Waals surface area contributed by atoms with Crippen LogP contribution in [0.25, 0.3) is 16.9 Å². The molecule has 3 nitrogen and oxygen atoms in total. The van der Waals surface area contributed by atoms with Crippen LogP contribution in [0.2, 0.25) is 0 Å². The van der Waals surface area contributed by atoms with E-state index in [0.29, 0.717) is 0 Å². The normalized spacial score (nSPS) is 10.9. The highest BCUT2D eigenvalue weighted by Gasteiger charge is 2.10. The first-order valence-electron chi connectivity index (χ1n) is 9.90. The van der Waals surface area contributed by atoms with E-state index in [-0.39, 0.29) is 5.75 Å². The molecule has 0 amide bonds. The second kappa shape index (κ2) is 9.31. The minimum absolute atomic E-state index is 0.282. The van der Waals surface area contributed by atoms with Gasteiger partial charge in [0.25, 0.3) is 0 Å². The molecule has 0 saturated heterocycles. The number of phenols is 1. The molecule has 27 heavy (non-hydrogen) atoms. The molecule has 3 heteroatoms. The van der Waals surface area contributed by atoms with Gasteiger partial charge in [0.15, 0.2) is 0 Å². The highest BCUT2D eigenvalue weighted by atomic mass is 16.5. The van der Waals surface area contributed by atoms with Gasteiger partial charge >= 0.3 is 0 Å². The molecule has 0 bridgehead atoms. The summed E-state index contributed by atoms with van der Waals surface area (Å²) in [6.45, 7) is 5.12. The summed E-state index contributed by atoms with van der Waals surface area (Å²) in [7, 11) is 0. The van der Waals surface area contributed by atoms with Crippen molar-refractivity contribution in [1.29, 1.82) is 0 Å². The number of nitrogens with zero attached hydrogens (tertiary/aromatic N) is 1. The maximum Gasteiger partial charge on any atom is 0.119 e. The minimum Gasteiger partial charge on any atom is -0.508 e. The van der Waals surface area contributed by atoms with Crippen molar-refractivity contribution in [3.05, 3.63) is 66.4 Å². The summed E-state index contributed by atoms with van der Waals surface area (Å²) in [5.41, 5.74) is 4.46.